The second-order valence-corrected chi connectivity index (χ2v) is 4.95. The molecule has 1 heterocycles. The molecule has 6 heteroatoms. The van der Waals surface area contributed by atoms with Crippen LogP contribution < -0.4 is 5.73 Å². The van der Waals surface area contributed by atoms with Gasteiger partial charge in [0.25, 0.3) is 0 Å². The van der Waals surface area contributed by atoms with Gasteiger partial charge < -0.3 is 15.5 Å². The summed E-state index contributed by atoms with van der Waals surface area (Å²) in [5, 5.41) is 0.777. The first-order valence-electron chi connectivity index (χ1n) is 5.16. The number of nitrogens with one attached hydrogen (secondary N) is 1. The minimum Gasteiger partial charge on any atom is -0.468 e. The van der Waals surface area contributed by atoms with Gasteiger partial charge in [-0.05, 0) is 18.8 Å². The number of aromatic amines is 1. The number of carbonyl (C=O) groups excluding carboxylic acids is 1. The van der Waals surface area contributed by atoms with Gasteiger partial charge in [-0.3, -0.25) is 4.79 Å². The number of H-pyrrole nitrogens is 1. The number of hydrogen-bond acceptors (Lipinski definition) is 5. The topological polar surface area (TPSA) is 81.0 Å². The quantitative estimate of drug-likeness (QED) is 0.588. The first-order chi connectivity index (χ1) is 7.66. The fourth-order valence-corrected chi connectivity index (χ4v) is 2.67. The maximum absolute atomic E-state index is 11.7. The monoisotopic (exact) mass is 241 g/mol. The molecule has 3 N–H and O–H groups in total. The van der Waals surface area contributed by atoms with Crippen LogP contribution in [0.5, 0.6) is 0 Å². The third-order valence-corrected chi connectivity index (χ3v) is 3.91. The van der Waals surface area contributed by atoms with E-state index < -0.39 is 5.54 Å². The molecular weight excluding hydrogens is 226 g/mol. The Bertz CT molecular complexity index is 364. The van der Waals surface area contributed by atoms with Crippen molar-refractivity contribution in [2.75, 3.05) is 12.9 Å². The Labute approximate surface area is 98.1 Å². The Morgan fingerprint density at radius 1 is 1.81 bits per heavy atom. The fourth-order valence-electron chi connectivity index (χ4n) is 1.65. The fraction of sp³-hybridized carbons (Fsp3) is 0.600. The van der Waals surface area contributed by atoms with Crippen molar-refractivity contribution < 1.29 is 9.53 Å². The number of thioether (sulfide) groups is 1. The van der Waals surface area contributed by atoms with E-state index in [1.165, 1.54) is 18.9 Å². The van der Waals surface area contributed by atoms with Gasteiger partial charge in [0.15, 0.2) is 5.16 Å². The van der Waals surface area contributed by atoms with E-state index in [1.807, 2.05) is 0 Å². The van der Waals surface area contributed by atoms with Crippen LogP contribution in [-0.2, 0) is 9.53 Å². The Morgan fingerprint density at radius 2 is 2.56 bits per heavy atom. The number of carbonyl (C=O) groups is 1. The molecule has 0 saturated heterocycles. The third kappa shape index (κ3) is 2.22. The molecular formula is C10H15N3O2S. The summed E-state index contributed by atoms with van der Waals surface area (Å²) in [4.78, 5) is 18.7. The minimum atomic E-state index is -0.869. The van der Waals surface area contributed by atoms with Crippen LogP contribution >= 0.6 is 11.8 Å². The van der Waals surface area contributed by atoms with Crippen molar-refractivity contribution in [1.82, 2.24) is 9.97 Å². The number of imidazole rings is 1. The summed E-state index contributed by atoms with van der Waals surface area (Å²) in [7, 11) is 1.38. The summed E-state index contributed by atoms with van der Waals surface area (Å²) >= 11 is 1.45. The second-order valence-electron chi connectivity index (χ2n) is 3.99. The van der Waals surface area contributed by atoms with Gasteiger partial charge in [-0.1, -0.05) is 11.8 Å². The van der Waals surface area contributed by atoms with E-state index in [0.717, 1.165) is 18.0 Å². The summed E-state index contributed by atoms with van der Waals surface area (Å²) in [5.74, 6) is 0.425. The van der Waals surface area contributed by atoms with Crippen molar-refractivity contribution in [3.05, 3.63) is 12.4 Å². The number of nitrogens with two attached hydrogens (primary N) is 1. The largest absolute Gasteiger partial charge is 0.468 e. The highest BCUT2D eigenvalue weighted by Gasteiger charge is 2.49. The van der Waals surface area contributed by atoms with Crippen LogP contribution in [0.25, 0.3) is 0 Å². The lowest BCUT2D eigenvalue weighted by atomic mass is 9.97. The molecule has 1 aromatic rings. The number of methoxy groups -OCH3 is 1. The average Bonchev–Trinajstić information content (AvgIpc) is 3.03. The van der Waals surface area contributed by atoms with Crippen LogP contribution in [0.15, 0.2) is 17.6 Å². The first-order valence-corrected chi connectivity index (χ1v) is 6.15. The van der Waals surface area contributed by atoms with Gasteiger partial charge in [0.2, 0.25) is 0 Å². The van der Waals surface area contributed by atoms with Gasteiger partial charge in [0.05, 0.1) is 7.11 Å². The molecule has 1 aromatic heterocycles. The maximum atomic E-state index is 11.7. The minimum absolute atomic E-state index is 0.252. The molecule has 0 bridgehead atoms. The SMILES string of the molecule is COC(=O)C(N)(CSc1ncc[nH]1)C1CC1. The van der Waals surface area contributed by atoms with Crippen LogP contribution in [0.3, 0.4) is 0 Å². The van der Waals surface area contributed by atoms with Crippen molar-refractivity contribution in [3.8, 4) is 0 Å². The Balaban J connectivity index is 2.00. The lowest BCUT2D eigenvalue weighted by Gasteiger charge is -2.25. The molecule has 1 unspecified atom stereocenters. The lowest BCUT2D eigenvalue weighted by Crippen LogP contribution is -2.53. The van der Waals surface area contributed by atoms with Crippen LogP contribution in [0.2, 0.25) is 0 Å². The zero-order valence-corrected chi connectivity index (χ0v) is 9.92. The number of nitrogens with zero attached hydrogens (tertiary/aromatic N) is 1. The lowest BCUT2D eigenvalue weighted by molar-refractivity contribution is -0.146. The Kier molecular flexibility index (Phi) is 3.20. The van der Waals surface area contributed by atoms with E-state index >= 15 is 0 Å². The highest BCUT2D eigenvalue weighted by Crippen LogP contribution is 2.41. The molecule has 1 saturated carbocycles. The predicted octanol–water partition coefficient (Wildman–Crippen LogP) is 0.782. The van der Waals surface area contributed by atoms with Crippen molar-refractivity contribution >= 4 is 17.7 Å². The first kappa shape index (κ1) is 11.5. The molecule has 0 amide bonds. The summed E-state index contributed by atoms with van der Waals surface area (Å²) in [5.41, 5.74) is 5.27. The van der Waals surface area contributed by atoms with Crippen LogP contribution in [0, 0.1) is 5.92 Å². The van der Waals surface area contributed by atoms with Gasteiger partial charge in [-0.2, -0.15) is 0 Å². The zero-order valence-electron chi connectivity index (χ0n) is 9.10. The number of ether oxygens (including phenoxy) is 1. The molecule has 0 aromatic carbocycles. The normalized spacial score (nSPS) is 19.1. The summed E-state index contributed by atoms with van der Waals surface area (Å²) < 4.78 is 4.78. The van der Waals surface area contributed by atoms with E-state index in [4.69, 9.17) is 10.5 Å². The van der Waals surface area contributed by atoms with E-state index in [-0.39, 0.29) is 11.9 Å². The van der Waals surface area contributed by atoms with Gasteiger partial charge in [0.1, 0.15) is 5.54 Å². The molecule has 2 rings (SSSR count). The summed E-state index contributed by atoms with van der Waals surface area (Å²) in [6.45, 7) is 0. The maximum Gasteiger partial charge on any atom is 0.327 e. The van der Waals surface area contributed by atoms with E-state index in [9.17, 15) is 4.79 Å². The molecule has 1 aliphatic carbocycles. The molecule has 88 valence electrons. The van der Waals surface area contributed by atoms with E-state index in [0.29, 0.717) is 5.75 Å². The van der Waals surface area contributed by atoms with Gasteiger partial charge in [-0.25, -0.2) is 4.98 Å². The molecule has 0 aliphatic heterocycles. The second kappa shape index (κ2) is 4.47. The van der Waals surface area contributed by atoms with Crippen molar-refractivity contribution in [2.45, 2.75) is 23.5 Å². The highest BCUT2D eigenvalue weighted by atomic mass is 32.2. The Morgan fingerprint density at radius 3 is 3.06 bits per heavy atom. The smallest absolute Gasteiger partial charge is 0.327 e. The number of hydrogen-bond donors (Lipinski definition) is 2. The van der Waals surface area contributed by atoms with Crippen molar-refractivity contribution in [3.63, 3.8) is 0 Å². The number of rotatable bonds is 5. The zero-order chi connectivity index (χ0) is 11.6. The van der Waals surface area contributed by atoms with Gasteiger partial charge >= 0.3 is 5.97 Å². The predicted molar refractivity (Wildman–Crippen MR) is 61.0 cm³/mol. The number of aromatic nitrogens is 2. The number of esters is 1. The molecule has 0 radical (unpaired) electrons. The van der Waals surface area contributed by atoms with Gasteiger partial charge in [0, 0.05) is 18.1 Å². The summed E-state index contributed by atoms with van der Waals surface area (Å²) in [6.07, 6.45) is 5.43. The summed E-state index contributed by atoms with van der Waals surface area (Å²) in [6, 6.07) is 0. The molecule has 16 heavy (non-hydrogen) atoms. The van der Waals surface area contributed by atoms with Crippen LogP contribution in [0.1, 0.15) is 12.8 Å². The van der Waals surface area contributed by atoms with Crippen molar-refractivity contribution in [1.29, 1.82) is 0 Å². The van der Waals surface area contributed by atoms with E-state index in [1.54, 1.807) is 12.4 Å². The van der Waals surface area contributed by atoms with Crippen LogP contribution in [0.4, 0.5) is 0 Å². The van der Waals surface area contributed by atoms with Crippen LogP contribution in [-0.4, -0.2) is 34.3 Å². The average molecular weight is 241 g/mol. The van der Waals surface area contributed by atoms with E-state index in [2.05, 4.69) is 9.97 Å². The van der Waals surface area contributed by atoms with Crippen molar-refractivity contribution in [2.24, 2.45) is 11.7 Å². The standard InChI is InChI=1S/C10H15N3O2S/c1-15-8(14)10(11,7-2-3-7)6-16-9-12-4-5-13-9/h4-5,7H,2-3,6,11H2,1H3,(H,12,13). The molecule has 1 atom stereocenters. The molecule has 1 fully saturated rings. The van der Waals surface area contributed by atoms with Gasteiger partial charge in [-0.15, -0.1) is 0 Å². The molecule has 1 aliphatic rings. The third-order valence-electron chi connectivity index (χ3n) is 2.79. The Hall–Kier alpha value is -1.01. The molecule has 0 spiro atoms. The highest BCUT2D eigenvalue weighted by molar-refractivity contribution is 7.99. The molecule has 5 nitrogen and oxygen atoms in total.